The molecule has 0 aromatic heterocycles. The largest absolute Gasteiger partial charge is 0.478 e. The Kier molecular flexibility index (Phi) is 4.89. The van der Waals surface area contributed by atoms with Crippen molar-refractivity contribution in [2.24, 2.45) is 0 Å². The van der Waals surface area contributed by atoms with E-state index in [9.17, 15) is 20.0 Å². The van der Waals surface area contributed by atoms with Gasteiger partial charge in [0.25, 0.3) is 5.69 Å². The van der Waals surface area contributed by atoms with Gasteiger partial charge in [-0.1, -0.05) is 46.4 Å². The van der Waals surface area contributed by atoms with E-state index in [1.54, 1.807) is 0 Å². The molecule has 2 aromatic rings. The molecule has 0 bridgehead atoms. The van der Waals surface area contributed by atoms with E-state index in [-0.39, 0.29) is 22.1 Å². The van der Waals surface area contributed by atoms with Gasteiger partial charge < -0.3 is 5.11 Å². The minimum absolute atomic E-state index is 0.0164. The lowest BCUT2D eigenvalue weighted by Crippen LogP contribution is -2.34. The normalized spacial score (nSPS) is 16.7. The summed E-state index contributed by atoms with van der Waals surface area (Å²) in [5, 5.41) is 20.6. The van der Waals surface area contributed by atoms with Gasteiger partial charge in [0, 0.05) is 12.1 Å². The van der Waals surface area contributed by atoms with Crippen LogP contribution >= 0.6 is 0 Å². The Morgan fingerprint density at radius 2 is 1.52 bits per heavy atom. The number of carboxylic acid groups (broad SMARTS) is 1. The van der Waals surface area contributed by atoms with Gasteiger partial charge in [0.15, 0.2) is 0 Å². The maximum absolute atomic E-state index is 11.4. The maximum Gasteiger partial charge on any atom is 0.335 e. The first kappa shape index (κ1) is 20.8. The Labute approximate surface area is 171 Å². The molecule has 0 aliphatic heterocycles. The monoisotopic (exact) mass is 393 g/mol. The molecular formula is C24H27NO4. The Hall–Kier alpha value is -2.95. The quantitative estimate of drug-likeness (QED) is 0.509. The number of nitro benzene ring substituents is 1. The number of nitrogens with zero attached hydrogens (tertiary/aromatic N) is 1. The van der Waals surface area contributed by atoms with Crippen LogP contribution in [0, 0.1) is 17.0 Å². The van der Waals surface area contributed by atoms with E-state index >= 15 is 0 Å². The first-order valence-electron chi connectivity index (χ1n) is 9.71. The average molecular weight is 393 g/mol. The van der Waals surface area contributed by atoms with Gasteiger partial charge in [-0.3, -0.25) is 10.1 Å². The summed E-state index contributed by atoms with van der Waals surface area (Å²) >= 11 is 0. The van der Waals surface area contributed by atoms with Crippen molar-refractivity contribution in [2.45, 2.75) is 58.3 Å². The van der Waals surface area contributed by atoms with E-state index in [1.165, 1.54) is 23.3 Å². The van der Waals surface area contributed by atoms with E-state index in [1.807, 2.05) is 6.92 Å². The SMILES string of the molecule is C=C(c1cc(C(=O)O)cc([N+](=O)[O-])c1)c1cc2c(cc1C)C(C)(C)CCC2(C)C. The Morgan fingerprint density at radius 3 is 2.03 bits per heavy atom. The van der Waals surface area contributed by atoms with Crippen LogP contribution in [-0.4, -0.2) is 16.0 Å². The number of aryl methyl sites for hydroxylation is 1. The van der Waals surface area contributed by atoms with Crippen LogP contribution < -0.4 is 0 Å². The Bertz CT molecular complexity index is 1010. The predicted molar refractivity (Wildman–Crippen MR) is 115 cm³/mol. The van der Waals surface area contributed by atoms with Gasteiger partial charge in [0.05, 0.1) is 10.5 Å². The van der Waals surface area contributed by atoms with Gasteiger partial charge in [-0.05, 0) is 70.1 Å². The molecule has 29 heavy (non-hydrogen) atoms. The maximum atomic E-state index is 11.4. The summed E-state index contributed by atoms with van der Waals surface area (Å²) in [5.41, 5.74) is 5.29. The molecule has 3 rings (SSSR count). The molecule has 0 heterocycles. The van der Waals surface area contributed by atoms with Crippen molar-refractivity contribution in [2.75, 3.05) is 0 Å². The third-order valence-electron chi connectivity index (χ3n) is 6.25. The highest BCUT2D eigenvalue weighted by molar-refractivity contribution is 5.91. The summed E-state index contributed by atoms with van der Waals surface area (Å²) in [6.07, 6.45) is 2.18. The Balaban J connectivity index is 2.19. The molecule has 0 fully saturated rings. The molecule has 152 valence electrons. The number of rotatable bonds is 4. The molecule has 5 heteroatoms. The van der Waals surface area contributed by atoms with Crippen LogP contribution in [-0.2, 0) is 10.8 Å². The zero-order valence-corrected chi connectivity index (χ0v) is 17.6. The molecule has 0 saturated heterocycles. The number of carbonyl (C=O) groups is 1. The first-order chi connectivity index (χ1) is 13.3. The van der Waals surface area contributed by atoms with Crippen molar-refractivity contribution in [1.82, 2.24) is 0 Å². The number of non-ortho nitro benzene ring substituents is 1. The summed E-state index contributed by atoms with van der Waals surface area (Å²) in [6.45, 7) is 15.2. The predicted octanol–water partition coefficient (Wildman–Crippen LogP) is 6.01. The number of carboxylic acids is 1. The van der Waals surface area contributed by atoms with Crippen molar-refractivity contribution in [1.29, 1.82) is 0 Å². The van der Waals surface area contributed by atoms with E-state index in [4.69, 9.17) is 0 Å². The number of hydrogen-bond acceptors (Lipinski definition) is 3. The average Bonchev–Trinajstić information content (AvgIpc) is 2.64. The summed E-state index contributed by atoms with van der Waals surface area (Å²) < 4.78 is 0. The van der Waals surface area contributed by atoms with Crippen LogP contribution in [0.1, 0.15) is 78.7 Å². The molecule has 1 aliphatic carbocycles. The topological polar surface area (TPSA) is 80.4 Å². The summed E-state index contributed by atoms with van der Waals surface area (Å²) in [7, 11) is 0. The molecular weight excluding hydrogens is 366 g/mol. The van der Waals surface area contributed by atoms with Crippen LogP contribution in [0.25, 0.3) is 5.57 Å². The van der Waals surface area contributed by atoms with E-state index in [0.29, 0.717) is 11.1 Å². The van der Waals surface area contributed by atoms with Crippen molar-refractivity contribution in [3.05, 3.63) is 80.4 Å². The van der Waals surface area contributed by atoms with Crippen molar-refractivity contribution < 1.29 is 14.8 Å². The van der Waals surface area contributed by atoms with Crippen molar-refractivity contribution in [3.8, 4) is 0 Å². The standard InChI is InChI=1S/C24H27NO4/c1-14-9-20-21(24(5,6)8-7-23(20,3)4)13-19(14)15(2)16-10-17(22(26)27)12-18(11-16)25(28)29/h9-13H,2,7-8H2,1,3-6H3,(H,26,27). The summed E-state index contributed by atoms with van der Waals surface area (Å²) in [5.74, 6) is -1.20. The second-order valence-electron chi connectivity index (χ2n) is 9.29. The third-order valence-corrected chi connectivity index (χ3v) is 6.25. The third kappa shape index (κ3) is 3.69. The second kappa shape index (κ2) is 6.83. The zero-order chi connectivity index (χ0) is 21.7. The number of hydrogen-bond donors (Lipinski definition) is 1. The minimum Gasteiger partial charge on any atom is -0.478 e. The van der Waals surface area contributed by atoms with Crippen molar-refractivity contribution in [3.63, 3.8) is 0 Å². The highest BCUT2D eigenvalue weighted by Gasteiger charge is 2.37. The Morgan fingerprint density at radius 1 is 1.00 bits per heavy atom. The molecule has 0 unspecified atom stereocenters. The molecule has 1 aliphatic rings. The van der Waals surface area contributed by atoms with E-state index < -0.39 is 10.9 Å². The minimum atomic E-state index is -1.20. The van der Waals surface area contributed by atoms with Crippen LogP contribution in [0.15, 0.2) is 36.9 Å². The zero-order valence-electron chi connectivity index (χ0n) is 17.6. The number of aromatic carboxylic acids is 1. The van der Waals surface area contributed by atoms with Gasteiger partial charge in [-0.2, -0.15) is 0 Å². The van der Waals surface area contributed by atoms with Gasteiger partial charge >= 0.3 is 5.97 Å². The lowest BCUT2D eigenvalue weighted by molar-refractivity contribution is -0.384. The molecule has 0 atom stereocenters. The molecule has 0 saturated carbocycles. The molecule has 0 amide bonds. The molecule has 2 aromatic carbocycles. The van der Waals surface area contributed by atoms with Crippen LogP contribution in [0.4, 0.5) is 5.69 Å². The van der Waals surface area contributed by atoms with Gasteiger partial charge in [0.2, 0.25) is 0 Å². The lowest BCUT2D eigenvalue weighted by atomic mass is 9.62. The fraction of sp³-hybridized carbons (Fsp3) is 0.375. The highest BCUT2D eigenvalue weighted by atomic mass is 16.6. The summed E-state index contributed by atoms with van der Waals surface area (Å²) in [6, 6.07) is 8.26. The number of fused-ring (bicyclic) bond motifs is 1. The highest BCUT2D eigenvalue weighted by Crippen LogP contribution is 2.47. The number of nitro groups is 1. The van der Waals surface area contributed by atoms with Crippen LogP contribution in [0.5, 0.6) is 0 Å². The van der Waals surface area contributed by atoms with Crippen LogP contribution in [0.3, 0.4) is 0 Å². The second-order valence-corrected chi connectivity index (χ2v) is 9.29. The lowest BCUT2D eigenvalue weighted by Gasteiger charge is -2.42. The number of benzene rings is 2. The molecule has 1 N–H and O–H groups in total. The van der Waals surface area contributed by atoms with E-state index in [0.717, 1.165) is 30.0 Å². The van der Waals surface area contributed by atoms with Gasteiger partial charge in [-0.15, -0.1) is 0 Å². The van der Waals surface area contributed by atoms with Crippen LogP contribution in [0.2, 0.25) is 0 Å². The first-order valence-corrected chi connectivity index (χ1v) is 9.71. The molecule has 0 radical (unpaired) electrons. The summed E-state index contributed by atoms with van der Waals surface area (Å²) in [4.78, 5) is 22.2. The molecule has 5 nitrogen and oxygen atoms in total. The van der Waals surface area contributed by atoms with E-state index in [2.05, 4.69) is 46.4 Å². The van der Waals surface area contributed by atoms with Crippen molar-refractivity contribution >= 4 is 17.2 Å². The molecule has 0 spiro atoms. The van der Waals surface area contributed by atoms with Gasteiger partial charge in [0.1, 0.15) is 0 Å². The fourth-order valence-electron chi connectivity index (χ4n) is 4.22. The fourth-order valence-corrected chi connectivity index (χ4v) is 4.22. The van der Waals surface area contributed by atoms with Gasteiger partial charge in [-0.25, -0.2) is 4.79 Å². The smallest absolute Gasteiger partial charge is 0.335 e.